The Hall–Kier alpha value is -4.78. The van der Waals surface area contributed by atoms with Crippen molar-refractivity contribution in [2.75, 3.05) is 0 Å². The topological polar surface area (TPSA) is 82.2 Å². The maximum Gasteiger partial charge on any atom is 0.440 e. The van der Waals surface area contributed by atoms with Gasteiger partial charge in [-0.25, -0.2) is 14.6 Å². The number of ether oxygens (including phenoxy) is 1. The lowest BCUT2D eigenvalue weighted by molar-refractivity contribution is 0.258. The van der Waals surface area contributed by atoms with E-state index in [0.717, 1.165) is 38.1 Å². The third kappa shape index (κ3) is 4.34. The molecule has 2 aromatic heterocycles. The lowest BCUT2D eigenvalue weighted by Gasteiger charge is -2.09. The standard InChI is InChI=1S/C29H23N3O4/c33-28-30-29(34)36-32(28)18-24-17-31(16-20-6-2-1-3-7-20)27-13-12-25(15-26(24)27)35-19-21-10-11-22-8-4-5-9-23(22)14-21/h1-15,17H,16,18-19H2,(H,30,33,34). The number of aromatic nitrogens is 3. The molecule has 178 valence electrons. The van der Waals surface area contributed by atoms with Crippen LogP contribution in [0, 0.1) is 0 Å². The van der Waals surface area contributed by atoms with Gasteiger partial charge in [-0.3, -0.25) is 0 Å². The van der Waals surface area contributed by atoms with E-state index >= 15 is 0 Å². The van der Waals surface area contributed by atoms with Crippen LogP contribution in [-0.4, -0.2) is 14.3 Å². The molecule has 7 heteroatoms. The number of fused-ring (bicyclic) bond motifs is 2. The first-order valence-electron chi connectivity index (χ1n) is 11.7. The highest BCUT2D eigenvalue weighted by molar-refractivity contribution is 5.86. The summed E-state index contributed by atoms with van der Waals surface area (Å²) in [4.78, 5) is 25.7. The summed E-state index contributed by atoms with van der Waals surface area (Å²) >= 11 is 0. The lowest BCUT2D eigenvalue weighted by Crippen LogP contribution is -2.17. The van der Waals surface area contributed by atoms with E-state index in [1.54, 1.807) is 0 Å². The van der Waals surface area contributed by atoms with Crippen LogP contribution < -0.4 is 16.2 Å². The highest BCUT2D eigenvalue weighted by Crippen LogP contribution is 2.28. The first-order valence-corrected chi connectivity index (χ1v) is 11.7. The van der Waals surface area contributed by atoms with Crippen molar-refractivity contribution >= 4 is 21.7 Å². The quantitative estimate of drug-likeness (QED) is 0.354. The zero-order valence-corrected chi connectivity index (χ0v) is 19.4. The van der Waals surface area contributed by atoms with Crippen molar-refractivity contribution < 1.29 is 9.26 Å². The molecule has 1 N–H and O–H groups in total. The Bertz CT molecular complexity index is 1790. The van der Waals surface area contributed by atoms with Gasteiger partial charge in [-0.2, -0.15) is 0 Å². The van der Waals surface area contributed by atoms with Crippen molar-refractivity contribution in [1.29, 1.82) is 0 Å². The highest BCUT2D eigenvalue weighted by atomic mass is 16.5. The molecule has 0 saturated carbocycles. The van der Waals surface area contributed by atoms with Crippen molar-refractivity contribution in [2.45, 2.75) is 19.7 Å². The summed E-state index contributed by atoms with van der Waals surface area (Å²) in [7, 11) is 0. The summed E-state index contributed by atoms with van der Waals surface area (Å²) in [5.41, 5.74) is 3.51. The molecule has 4 aromatic carbocycles. The maximum absolute atomic E-state index is 12.1. The van der Waals surface area contributed by atoms with Gasteiger partial charge >= 0.3 is 11.4 Å². The van der Waals surface area contributed by atoms with Crippen LogP contribution in [0.4, 0.5) is 0 Å². The zero-order chi connectivity index (χ0) is 24.5. The fraction of sp³-hybridized carbons (Fsp3) is 0.103. The van der Waals surface area contributed by atoms with Crippen LogP contribution in [0.2, 0.25) is 0 Å². The number of aromatic amines is 1. The molecule has 0 bridgehead atoms. The molecule has 2 heterocycles. The number of nitrogens with one attached hydrogen (secondary N) is 1. The van der Waals surface area contributed by atoms with Gasteiger partial charge in [0.15, 0.2) is 0 Å². The molecule has 0 unspecified atom stereocenters. The van der Waals surface area contributed by atoms with E-state index in [2.05, 4.69) is 52.0 Å². The second-order valence-corrected chi connectivity index (χ2v) is 8.76. The van der Waals surface area contributed by atoms with Crippen LogP contribution in [0.15, 0.2) is 111 Å². The summed E-state index contributed by atoms with van der Waals surface area (Å²) in [6, 6.07) is 30.6. The Balaban J connectivity index is 1.33. The van der Waals surface area contributed by atoms with Crippen LogP contribution >= 0.6 is 0 Å². The Morgan fingerprint density at radius 1 is 0.778 bits per heavy atom. The molecule has 0 spiro atoms. The number of hydrogen-bond acceptors (Lipinski definition) is 4. The molecule has 0 fully saturated rings. The Labute approximate surface area is 205 Å². The minimum Gasteiger partial charge on any atom is -0.489 e. The van der Waals surface area contributed by atoms with Gasteiger partial charge in [0.2, 0.25) is 0 Å². The monoisotopic (exact) mass is 477 g/mol. The predicted octanol–water partition coefficient (Wildman–Crippen LogP) is 4.91. The molecule has 0 amide bonds. The number of rotatable bonds is 7. The minimum atomic E-state index is -0.771. The number of benzene rings is 4. The first-order chi connectivity index (χ1) is 17.6. The van der Waals surface area contributed by atoms with E-state index in [-0.39, 0.29) is 6.54 Å². The van der Waals surface area contributed by atoms with Crippen molar-refractivity contribution in [3.63, 3.8) is 0 Å². The fourth-order valence-electron chi connectivity index (χ4n) is 4.54. The molecule has 0 aliphatic carbocycles. The second kappa shape index (κ2) is 9.11. The maximum atomic E-state index is 12.1. The fourth-order valence-corrected chi connectivity index (χ4v) is 4.54. The summed E-state index contributed by atoms with van der Waals surface area (Å²) in [6.07, 6.45) is 1.99. The van der Waals surface area contributed by atoms with Gasteiger partial charge in [0, 0.05) is 29.2 Å². The third-order valence-corrected chi connectivity index (χ3v) is 6.29. The van der Waals surface area contributed by atoms with Gasteiger partial charge < -0.3 is 13.8 Å². The molecule has 0 atom stereocenters. The predicted molar refractivity (Wildman–Crippen MR) is 138 cm³/mol. The normalized spacial score (nSPS) is 11.3. The highest BCUT2D eigenvalue weighted by Gasteiger charge is 2.14. The van der Waals surface area contributed by atoms with Crippen LogP contribution in [0.3, 0.4) is 0 Å². The Morgan fingerprint density at radius 3 is 2.39 bits per heavy atom. The Morgan fingerprint density at radius 2 is 1.58 bits per heavy atom. The minimum absolute atomic E-state index is 0.129. The number of hydrogen-bond donors (Lipinski definition) is 1. The van der Waals surface area contributed by atoms with Gasteiger partial charge in [-0.15, -0.1) is 4.74 Å². The molecule has 0 saturated heterocycles. The molecule has 0 aliphatic rings. The summed E-state index contributed by atoms with van der Waals surface area (Å²) in [6.45, 7) is 1.23. The van der Waals surface area contributed by atoms with E-state index in [0.29, 0.717) is 13.2 Å². The van der Waals surface area contributed by atoms with Gasteiger partial charge in [0.25, 0.3) is 0 Å². The van der Waals surface area contributed by atoms with E-state index in [1.807, 2.05) is 54.7 Å². The number of nitrogens with zero attached hydrogens (tertiary/aromatic N) is 2. The molecular formula is C29H23N3O4. The van der Waals surface area contributed by atoms with Crippen LogP contribution in [-0.2, 0) is 19.7 Å². The van der Waals surface area contributed by atoms with Crippen molar-refractivity contribution in [3.8, 4) is 5.75 Å². The summed E-state index contributed by atoms with van der Waals surface area (Å²) in [5.74, 6) is -0.0512. The van der Waals surface area contributed by atoms with Crippen molar-refractivity contribution in [3.05, 3.63) is 135 Å². The summed E-state index contributed by atoms with van der Waals surface area (Å²) in [5, 5.41) is 3.30. The van der Waals surface area contributed by atoms with E-state index in [1.165, 1.54) is 10.8 Å². The van der Waals surface area contributed by atoms with E-state index < -0.39 is 11.4 Å². The molecule has 0 radical (unpaired) electrons. The lowest BCUT2D eigenvalue weighted by atomic mass is 10.1. The molecule has 36 heavy (non-hydrogen) atoms. The van der Waals surface area contributed by atoms with Crippen LogP contribution in [0.1, 0.15) is 16.7 Å². The molecule has 0 aliphatic heterocycles. The number of H-pyrrole nitrogens is 1. The Kier molecular flexibility index (Phi) is 5.50. The smallest absolute Gasteiger partial charge is 0.440 e. The van der Waals surface area contributed by atoms with E-state index in [4.69, 9.17) is 9.26 Å². The van der Waals surface area contributed by atoms with Gasteiger partial charge in [-0.1, -0.05) is 66.7 Å². The van der Waals surface area contributed by atoms with Gasteiger partial charge in [-0.05, 0) is 46.2 Å². The van der Waals surface area contributed by atoms with Gasteiger partial charge in [0.05, 0.1) is 6.54 Å². The average Bonchev–Trinajstić information content (AvgIpc) is 3.40. The zero-order valence-electron chi connectivity index (χ0n) is 19.4. The molecule has 6 rings (SSSR count). The van der Waals surface area contributed by atoms with E-state index in [9.17, 15) is 9.59 Å². The molecule has 7 nitrogen and oxygen atoms in total. The second-order valence-electron chi connectivity index (χ2n) is 8.76. The average molecular weight is 478 g/mol. The largest absolute Gasteiger partial charge is 0.489 e. The summed E-state index contributed by atoms with van der Waals surface area (Å²) < 4.78 is 14.3. The van der Waals surface area contributed by atoms with Crippen LogP contribution in [0.25, 0.3) is 21.7 Å². The van der Waals surface area contributed by atoms with Crippen molar-refractivity contribution in [2.24, 2.45) is 0 Å². The molecule has 6 aromatic rings. The van der Waals surface area contributed by atoms with Crippen molar-refractivity contribution in [1.82, 2.24) is 14.3 Å². The van der Waals surface area contributed by atoms with Gasteiger partial charge in [0.1, 0.15) is 12.4 Å². The third-order valence-electron chi connectivity index (χ3n) is 6.29. The van der Waals surface area contributed by atoms with Crippen LogP contribution in [0.5, 0.6) is 5.75 Å². The first kappa shape index (κ1) is 21.7. The SMILES string of the molecule is O=c1[nH]c(=O)n(Cc2cn(Cc3ccccc3)c3ccc(OCc4ccc5ccccc5c4)cc23)o1. The molecular weight excluding hydrogens is 454 g/mol.